The number of fused-ring (bicyclic) bond motifs is 7. The SMILES string of the molecule is O=C1[C@H]2[C@@H](C(=O)N1c1ccc(Cl)c(Cl)c1)[C@@]1(C(=O)Nc3ccc(F)cc31)N1CCC[C@@H]21. The van der Waals surface area contributed by atoms with Gasteiger partial charge in [-0.1, -0.05) is 23.2 Å². The smallest absolute Gasteiger partial charge is 0.250 e. The highest BCUT2D eigenvalue weighted by atomic mass is 35.5. The first-order valence-electron chi connectivity index (χ1n) is 10.1. The van der Waals surface area contributed by atoms with E-state index >= 15 is 0 Å². The summed E-state index contributed by atoms with van der Waals surface area (Å²) in [7, 11) is 0. The molecule has 9 heteroatoms. The van der Waals surface area contributed by atoms with E-state index in [4.69, 9.17) is 23.2 Å². The first kappa shape index (κ1) is 19.2. The van der Waals surface area contributed by atoms with Crippen LogP contribution in [0.15, 0.2) is 36.4 Å². The Hall–Kier alpha value is -2.48. The number of carbonyl (C=O) groups is 3. The van der Waals surface area contributed by atoms with Crippen molar-refractivity contribution in [2.24, 2.45) is 11.8 Å². The maximum absolute atomic E-state index is 14.3. The van der Waals surface area contributed by atoms with Crippen LogP contribution in [0.4, 0.5) is 15.8 Å². The Morgan fingerprint density at radius 3 is 2.61 bits per heavy atom. The van der Waals surface area contributed by atoms with E-state index in [9.17, 15) is 18.8 Å². The standard InChI is InChI=1S/C22H16Cl2FN3O3/c23-13-5-4-11(9-14(13)24)28-19(29)17-16-2-1-7-27(16)22(18(17)20(28)30)12-8-10(25)3-6-15(12)26-21(22)31/h3-6,8-9,16-18H,1-2,7H2,(H,26,31)/t16-,17+,18-,22-/m0/s1. The Morgan fingerprint density at radius 2 is 1.84 bits per heavy atom. The summed E-state index contributed by atoms with van der Waals surface area (Å²) in [6, 6.07) is 8.38. The fraction of sp³-hybridized carbons (Fsp3) is 0.318. The minimum Gasteiger partial charge on any atom is -0.324 e. The van der Waals surface area contributed by atoms with Gasteiger partial charge < -0.3 is 5.32 Å². The van der Waals surface area contributed by atoms with Gasteiger partial charge in [-0.15, -0.1) is 0 Å². The van der Waals surface area contributed by atoms with Crippen LogP contribution in [0.25, 0.3) is 0 Å². The first-order valence-corrected chi connectivity index (χ1v) is 10.8. The molecule has 6 rings (SSSR count). The highest BCUT2D eigenvalue weighted by Crippen LogP contribution is 2.60. The number of benzene rings is 2. The Labute approximate surface area is 186 Å². The molecule has 2 aromatic carbocycles. The number of hydrogen-bond acceptors (Lipinski definition) is 4. The Morgan fingerprint density at radius 1 is 1.03 bits per heavy atom. The van der Waals surface area contributed by atoms with Crippen molar-refractivity contribution in [3.63, 3.8) is 0 Å². The van der Waals surface area contributed by atoms with E-state index in [1.807, 2.05) is 4.90 Å². The van der Waals surface area contributed by atoms with Crippen LogP contribution in [-0.4, -0.2) is 35.2 Å². The van der Waals surface area contributed by atoms with E-state index in [1.165, 1.54) is 30.3 Å². The Balaban J connectivity index is 1.56. The van der Waals surface area contributed by atoms with Gasteiger partial charge in [-0.05, 0) is 55.8 Å². The molecule has 1 N–H and O–H groups in total. The first-order chi connectivity index (χ1) is 14.9. The summed E-state index contributed by atoms with van der Waals surface area (Å²) >= 11 is 12.1. The minimum absolute atomic E-state index is 0.222. The molecule has 4 heterocycles. The van der Waals surface area contributed by atoms with E-state index in [-0.39, 0.29) is 22.9 Å². The van der Waals surface area contributed by atoms with Gasteiger partial charge in [-0.25, -0.2) is 9.29 Å². The molecule has 31 heavy (non-hydrogen) atoms. The van der Waals surface area contributed by atoms with Gasteiger partial charge in [0.15, 0.2) is 0 Å². The maximum Gasteiger partial charge on any atom is 0.250 e. The molecule has 2 aromatic rings. The molecule has 0 bridgehead atoms. The van der Waals surface area contributed by atoms with E-state index in [0.29, 0.717) is 34.9 Å². The zero-order valence-corrected chi connectivity index (χ0v) is 17.6. The van der Waals surface area contributed by atoms with Crippen LogP contribution < -0.4 is 10.2 Å². The third-order valence-electron chi connectivity index (χ3n) is 7.12. The molecular weight excluding hydrogens is 444 g/mol. The molecule has 3 amide bonds. The Kier molecular flexibility index (Phi) is 3.89. The van der Waals surface area contributed by atoms with Crippen LogP contribution in [0.1, 0.15) is 18.4 Å². The summed E-state index contributed by atoms with van der Waals surface area (Å²) in [6.45, 7) is 0.564. The quantitative estimate of drug-likeness (QED) is 0.661. The Bertz CT molecular complexity index is 1200. The van der Waals surface area contributed by atoms with Crippen LogP contribution >= 0.6 is 23.2 Å². The lowest BCUT2D eigenvalue weighted by Gasteiger charge is -2.36. The van der Waals surface area contributed by atoms with E-state index in [2.05, 4.69) is 5.32 Å². The van der Waals surface area contributed by atoms with E-state index in [0.717, 1.165) is 11.3 Å². The molecule has 4 atom stereocenters. The number of carbonyl (C=O) groups excluding carboxylic acids is 3. The number of imide groups is 1. The van der Waals surface area contributed by atoms with E-state index < -0.39 is 29.1 Å². The maximum atomic E-state index is 14.3. The summed E-state index contributed by atoms with van der Waals surface area (Å²) in [5.74, 6) is -3.35. The number of rotatable bonds is 1. The fourth-order valence-electron chi connectivity index (χ4n) is 6.05. The molecule has 0 aromatic heterocycles. The van der Waals surface area contributed by atoms with Gasteiger partial charge in [0.1, 0.15) is 11.4 Å². The van der Waals surface area contributed by atoms with Crippen LogP contribution in [0.3, 0.4) is 0 Å². The molecule has 6 nitrogen and oxygen atoms in total. The molecule has 4 aliphatic heterocycles. The molecule has 3 fully saturated rings. The summed E-state index contributed by atoms with van der Waals surface area (Å²) in [5, 5.41) is 3.35. The van der Waals surface area contributed by atoms with Crippen molar-refractivity contribution >= 4 is 52.3 Å². The molecule has 0 saturated carbocycles. The van der Waals surface area contributed by atoms with Crippen molar-refractivity contribution in [2.75, 3.05) is 16.8 Å². The largest absolute Gasteiger partial charge is 0.324 e. The summed E-state index contributed by atoms with van der Waals surface area (Å²) in [5.41, 5.74) is -0.183. The number of nitrogens with one attached hydrogen (secondary N) is 1. The van der Waals surface area contributed by atoms with Gasteiger partial charge in [-0.2, -0.15) is 0 Å². The molecular formula is C22H16Cl2FN3O3. The molecule has 0 radical (unpaired) electrons. The number of nitrogens with zero attached hydrogens (tertiary/aromatic N) is 2. The summed E-state index contributed by atoms with van der Waals surface area (Å²) < 4.78 is 14.3. The van der Waals surface area contributed by atoms with Crippen molar-refractivity contribution in [3.05, 3.63) is 57.8 Å². The van der Waals surface area contributed by atoms with Crippen molar-refractivity contribution in [1.82, 2.24) is 4.90 Å². The zero-order valence-electron chi connectivity index (χ0n) is 16.1. The summed E-state index contributed by atoms with van der Waals surface area (Å²) in [4.78, 5) is 43.8. The van der Waals surface area contributed by atoms with Crippen LogP contribution in [0.5, 0.6) is 0 Å². The third kappa shape index (κ3) is 2.24. The second-order valence-corrected chi connectivity index (χ2v) is 9.24. The van der Waals surface area contributed by atoms with Gasteiger partial charge in [-0.3, -0.25) is 19.3 Å². The monoisotopic (exact) mass is 459 g/mol. The van der Waals surface area contributed by atoms with Gasteiger partial charge in [0.25, 0.3) is 0 Å². The van der Waals surface area contributed by atoms with E-state index in [1.54, 1.807) is 6.07 Å². The number of anilines is 2. The lowest BCUT2D eigenvalue weighted by atomic mass is 9.75. The number of amides is 3. The predicted molar refractivity (Wildman–Crippen MR) is 112 cm³/mol. The van der Waals surface area contributed by atoms with Crippen molar-refractivity contribution in [2.45, 2.75) is 24.4 Å². The third-order valence-corrected chi connectivity index (χ3v) is 7.86. The molecule has 158 valence electrons. The molecule has 0 unspecified atom stereocenters. The molecule has 1 spiro atoms. The predicted octanol–water partition coefficient (Wildman–Crippen LogP) is 3.56. The van der Waals surface area contributed by atoms with Gasteiger partial charge in [0.2, 0.25) is 17.7 Å². The lowest BCUT2D eigenvalue weighted by Crippen LogP contribution is -2.54. The summed E-state index contributed by atoms with van der Waals surface area (Å²) in [6.07, 6.45) is 1.48. The van der Waals surface area contributed by atoms with Gasteiger partial charge in [0.05, 0.1) is 27.6 Å². The zero-order chi connectivity index (χ0) is 21.7. The fourth-order valence-corrected chi connectivity index (χ4v) is 6.35. The molecule has 3 saturated heterocycles. The van der Waals surface area contributed by atoms with Crippen molar-refractivity contribution in [3.8, 4) is 0 Å². The highest BCUT2D eigenvalue weighted by molar-refractivity contribution is 6.42. The van der Waals surface area contributed by atoms with Crippen LogP contribution in [-0.2, 0) is 19.9 Å². The van der Waals surface area contributed by atoms with Crippen molar-refractivity contribution in [1.29, 1.82) is 0 Å². The second kappa shape index (κ2) is 6.28. The average molecular weight is 460 g/mol. The number of hydrogen-bond donors (Lipinski definition) is 1. The molecule has 0 aliphatic carbocycles. The second-order valence-electron chi connectivity index (χ2n) is 8.43. The average Bonchev–Trinajstić information content (AvgIpc) is 3.43. The van der Waals surface area contributed by atoms with Crippen LogP contribution in [0, 0.1) is 17.7 Å². The molecule has 4 aliphatic rings. The topological polar surface area (TPSA) is 69.7 Å². The van der Waals surface area contributed by atoms with Crippen molar-refractivity contribution < 1.29 is 18.8 Å². The highest BCUT2D eigenvalue weighted by Gasteiger charge is 2.74. The normalized spacial score (nSPS) is 31.4. The van der Waals surface area contributed by atoms with Gasteiger partial charge in [0, 0.05) is 17.3 Å². The number of halogens is 3. The minimum atomic E-state index is -1.40. The van der Waals surface area contributed by atoms with Gasteiger partial charge >= 0.3 is 0 Å². The van der Waals surface area contributed by atoms with Crippen LogP contribution in [0.2, 0.25) is 10.0 Å². The lowest BCUT2D eigenvalue weighted by molar-refractivity contribution is -0.135.